The third kappa shape index (κ3) is 5.92. The average Bonchev–Trinajstić information content (AvgIpc) is 2.62. The van der Waals surface area contributed by atoms with Crippen LogP contribution in [0.3, 0.4) is 0 Å². The summed E-state index contributed by atoms with van der Waals surface area (Å²) in [6.07, 6.45) is 0.812. The molecule has 1 N–H and O–H groups in total. The number of hydrogen-bond acceptors (Lipinski definition) is 4. The van der Waals surface area contributed by atoms with E-state index in [1.54, 1.807) is 19.2 Å². The van der Waals surface area contributed by atoms with Crippen LogP contribution in [-0.4, -0.2) is 68.2 Å². The van der Waals surface area contributed by atoms with Gasteiger partial charge in [0.1, 0.15) is 5.82 Å². The standard InChI is InChI=1S/C18H27ClFN3O2/c1-14(18(24)21-7-4-12-25-2)23-10-8-22(9-11-23)13-15-16(19)5-3-6-17(15)20/h3,5-6,14H,4,7-13H2,1-2H3,(H,21,24). The molecular weight excluding hydrogens is 345 g/mol. The van der Waals surface area contributed by atoms with Gasteiger partial charge in [0.2, 0.25) is 5.91 Å². The second-order valence-corrected chi connectivity index (χ2v) is 6.73. The molecule has 0 aliphatic carbocycles. The van der Waals surface area contributed by atoms with Gasteiger partial charge in [-0.2, -0.15) is 0 Å². The number of piperazine rings is 1. The minimum atomic E-state index is -0.265. The Balaban J connectivity index is 1.78. The Kier molecular flexibility index (Phi) is 8.09. The van der Waals surface area contributed by atoms with Crippen molar-refractivity contribution in [1.82, 2.24) is 15.1 Å². The van der Waals surface area contributed by atoms with E-state index >= 15 is 0 Å². The summed E-state index contributed by atoms with van der Waals surface area (Å²) in [6.45, 7) is 6.82. The van der Waals surface area contributed by atoms with Crippen molar-refractivity contribution in [3.05, 3.63) is 34.6 Å². The fraction of sp³-hybridized carbons (Fsp3) is 0.611. The lowest BCUT2D eigenvalue weighted by Gasteiger charge is -2.37. The normalized spacial score (nSPS) is 17.4. The molecule has 1 aromatic rings. The number of carbonyl (C=O) groups is 1. The predicted octanol–water partition coefficient (Wildman–Crippen LogP) is 2.14. The number of carbonyl (C=O) groups excluding carboxylic acids is 1. The van der Waals surface area contributed by atoms with Gasteiger partial charge in [-0.3, -0.25) is 14.6 Å². The fourth-order valence-electron chi connectivity index (χ4n) is 2.96. The first kappa shape index (κ1) is 20.1. The van der Waals surface area contributed by atoms with Gasteiger partial charge < -0.3 is 10.1 Å². The lowest BCUT2D eigenvalue weighted by molar-refractivity contribution is -0.126. The quantitative estimate of drug-likeness (QED) is 0.711. The van der Waals surface area contributed by atoms with E-state index in [-0.39, 0.29) is 17.8 Å². The summed E-state index contributed by atoms with van der Waals surface area (Å²) in [6, 6.07) is 4.60. The first-order chi connectivity index (χ1) is 12.0. The summed E-state index contributed by atoms with van der Waals surface area (Å²) >= 11 is 6.10. The second kappa shape index (κ2) is 10.1. The third-order valence-electron chi connectivity index (χ3n) is 4.60. The highest BCUT2D eigenvalue weighted by molar-refractivity contribution is 6.31. The van der Waals surface area contributed by atoms with Crippen LogP contribution in [0, 0.1) is 5.82 Å². The van der Waals surface area contributed by atoms with Crippen molar-refractivity contribution < 1.29 is 13.9 Å². The van der Waals surface area contributed by atoms with Crippen molar-refractivity contribution in [3.63, 3.8) is 0 Å². The van der Waals surface area contributed by atoms with E-state index in [0.717, 1.165) is 32.6 Å². The maximum Gasteiger partial charge on any atom is 0.237 e. The smallest absolute Gasteiger partial charge is 0.237 e. The van der Waals surface area contributed by atoms with Crippen molar-refractivity contribution in [2.75, 3.05) is 46.4 Å². The molecule has 0 spiro atoms. The van der Waals surface area contributed by atoms with E-state index in [0.29, 0.717) is 30.3 Å². The van der Waals surface area contributed by atoms with Gasteiger partial charge in [0, 0.05) is 63.6 Å². The summed E-state index contributed by atoms with van der Waals surface area (Å²) in [7, 11) is 1.65. The first-order valence-corrected chi connectivity index (χ1v) is 9.06. The van der Waals surface area contributed by atoms with Crippen molar-refractivity contribution >= 4 is 17.5 Å². The molecule has 1 aromatic carbocycles. The number of nitrogens with one attached hydrogen (secondary N) is 1. The molecule has 1 amide bonds. The molecule has 0 aromatic heterocycles. The van der Waals surface area contributed by atoms with Gasteiger partial charge in [-0.25, -0.2) is 4.39 Å². The minimum absolute atomic E-state index is 0.0432. The highest BCUT2D eigenvalue weighted by atomic mass is 35.5. The lowest BCUT2D eigenvalue weighted by atomic mass is 10.1. The molecule has 1 fully saturated rings. The third-order valence-corrected chi connectivity index (χ3v) is 4.96. The molecule has 5 nitrogen and oxygen atoms in total. The topological polar surface area (TPSA) is 44.8 Å². The van der Waals surface area contributed by atoms with Crippen LogP contribution < -0.4 is 5.32 Å². The molecule has 0 bridgehead atoms. The molecule has 1 heterocycles. The summed E-state index contributed by atoms with van der Waals surface area (Å²) in [5.41, 5.74) is 0.543. The zero-order valence-corrected chi connectivity index (χ0v) is 15.7. The van der Waals surface area contributed by atoms with Crippen molar-refractivity contribution in [2.45, 2.75) is 25.9 Å². The molecule has 1 atom stereocenters. The van der Waals surface area contributed by atoms with Crippen molar-refractivity contribution in [3.8, 4) is 0 Å². The number of halogens is 2. The number of benzene rings is 1. The van der Waals surface area contributed by atoms with E-state index in [1.807, 2.05) is 6.92 Å². The fourth-order valence-corrected chi connectivity index (χ4v) is 3.18. The van der Waals surface area contributed by atoms with Gasteiger partial charge >= 0.3 is 0 Å². The number of methoxy groups -OCH3 is 1. The van der Waals surface area contributed by atoms with Crippen LogP contribution in [0.2, 0.25) is 5.02 Å². The number of rotatable bonds is 8. The minimum Gasteiger partial charge on any atom is -0.385 e. The zero-order valence-electron chi connectivity index (χ0n) is 14.9. The maximum absolute atomic E-state index is 13.9. The molecule has 1 unspecified atom stereocenters. The van der Waals surface area contributed by atoms with E-state index < -0.39 is 0 Å². The Hall–Kier alpha value is -1.21. The van der Waals surface area contributed by atoms with Gasteiger partial charge in [-0.05, 0) is 25.5 Å². The second-order valence-electron chi connectivity index (χ2n) is 6.33. The van der Waals surface area contributed by atoms with Gasteiger partial charge in [0.25, 0.3) is 0 Å². The first-order valence-electron chi connectivity index (χ1n) is 8.69. The lowest BCUT2D eigenvalue weighted by Crippen LogP contribution is -2.53. The number of ether oxygens (including phenoxy) is 1. The monoisotopic (exact) mass is 371 g/mol. The highest BCUT2D eigenvalue weighted by Crippen LogP contribution is 2.21. The highest BCUT2D eigenvalue weighted by Gasteiger charge is 2.26. The Morgan fingerprint density at radius 2 is 2.08 bits per heavy atom. The molecule has 0 saturated carbocycles. The molecule has 1 aliphatic rings. The largest absolute Gasteiger partial charge is 0.385 e. The molecule has 1 saturated heterocycles. The van der Waals surface area contributed by atoms with Gasteiger partial charge in [0.05, 0.1) is 6.04 Å². The molecular formula is C18H27ClFN3O2. The number of amides is 1. The summed E-state index contributed by atoms with van der Waals surface area (Å²) in [4.78, 5) is 16.5. The maximum atomic E-state index is 13.9. The van der Waals surface area contributed by atoms with E-state index in [9.17, 15) is 9.18 Å². The Morgan fingerprint density at radius 3 is 2.72 bits per heavy atom. The van der Waals surface area contributed by atoms with Crippen LogP contribution in [-0.2, 0) is 16.1 Å². The van der Waals surface area contributed by atoms with Crippen LogP contribution in [0.1, 0.15) is 18.9 Å². The molecule has 7 heteroatoms. The SMILES string of the molecule is COCCCNC(=O)C(C)N1CCN(Cc2c(F)cccc2Cl)CC1. The Bertz CT molecular complexity index is 545. The van der Waals surface area contributed by atoms with Gasteiger partial charge in [0.15, 0.2) is 0 Å². The Labute approximate surface area is 154 Å². The summed E-state index contributed by atoms with van der Waals surface area (Å²) < 4.78 is 18.9. The zero-order chi connectivity index (χ0) is 18.2. The molecule has 0 radical (unpaired) electrons. The van der Waals surface area contributed by atoms with Crippen molar-refractivity contribution in [2.24, 2.45) is 0 Å². The summed E-state index contributed by atoms with van der Waals surface area (Å²) in [5.74, 6) is -0.222. The van der Waals surface area contributed by atoms with E-state index in [4.69, 9.17) is 16.3 Å². The van der Waals surface area contributed by atoms with Crippen LogP contribution in [0.4, 0.5) is 4.39 Å². The van der Waals surface area contributed by atoms with Gasteiger partial charge in [-0.15, -0.1) is 0 Å². The molecule has 140 valence electrons. The Morgan fingerprint density at radius 1 is 1.36 bits per heavy atom. The van der Waals surface area contributed by atoms with Gasteiger partial charge in [-0.1, -0.05) is 17.7 Å². The van der Waals surface area contributed by atoms with Crippen molar-refractivity contribution in [1.29, 1.82) is 0 Å². The average molecular weight is 372 g/mol. The number of nitrogens with zero attached hydrogens (tertiary/aromatic N) is 2. The van der Waals surface area contributed by atoms with E-state index in [2.05, 4.69) is 15.1 Å². The molecule has 2 rings (SSSR count). The van der Waals surface area contributed by atoms with Crippen LogP contribution >= 0.6 is 11.6 Å². The summed E-state index contributed by atoms with van der Waals surface area (Å²) in [5, 5.41) is 3.40. The molecule has 1 aliphatic heterocycles. The number of hydrogen-bond donors (Lipinski definition) is 1. The molecule has 25 heavy (non-hydrogen) atoms. The van der Waals surface area contributed by atoms with Crippen LogP contribution in [0.5, 0.6) is 0 Å². The van der Waals surface area contributed by atoms with E-state index in [1.165, 1.54) is 6.07 Å². The van der Waals surface area contributed by atoms with Crippen LogP contribution in [0.25, 0.3) is 0 Å². The predicted molar refractivity (Wildman–Crippen MR) is 97.2 cm³/mol. The van der Waals surface area contributed by atoms with Crippen LogP contribution in [0.15, 0.2) is 18.2 Å².